The minimum absolute atomic E-state index is 0.0784. The number of rotatable bonds is 1. The number of benzene rings is 1. The van der Waals surface area contributed by atoms with Crippen molar-refractivity contribution in [3.8, 4) is 0 Å². The highest BCUT2D eigenvalue weighted by molar-refractivity contribution is 5.99. The number of hydrogen-bond acceptors (Lipinski definition) is 1. The molecule has 2 aliphatic heterocycles. The Morgan fingerprint density at radius 3 is 2.35 bits per heavy atom. The van der Waals surface area contributed by atoms with E-state index in [1.165, 1.54) is 16.7 Å². The van der Waals surface area contributed by atoms with E-state index in [9.17, 15) is 4.79 Å². The number of allylic oxidation sites excluding steroid dienone is 4. The number of amides is 1. The molecule has 0 aliphatic carbocycles. The summed E-state index contributed by atoms with van der Waals surface area (Å²) < 4.78 is 0. The predicted molar refractivity (Wildman–Crippen MR) is 67.7 cm³/mol. The van der Waals surface area contributed by atoms with Gasteiger partial charge in [-0.1, -0.05) is 30.3 Å². The summed E-state index contributed by atoms with van der Waals surface area (Å²) in [5.74, 6) is 0.0784. The van der Waals surface area contributed by atoms with E-state index >= 15 is 0 Å². The first-order valence-electron chi connectivity index (χ1n) is 5.69. The molecule has 2 nitrogen and oxygen atoms in total. The highest BCUT2D eigenvalue weighted by Gasteiger charge is 2.36. The molecule has 2 bridgehead atoms. The van der Waals surface area contributed by atoms with Crippen LogP contribution in [0.4, 0.5) is 0 Å². The van der Waals surface area contributed by atoms with Crippen molar-refractivity contribution >= 4 is 11.5 Å². The third kappa shape index (κ3) is 1.37. The molecule has 0 aromatic heterocycles. The van der Waals surface area contributed by atoms with Gasteiger partial charge in [-0.2, -0.15) is 0 Å². The average Bonchev–Trinajstić information content (AvgIpc) is 2.29. The fraction of sp³-hybridized carbons (Fsp3) is 0.133. The van der Waals surface area contributed by atoms with Crippen LogP contribution in [0.2, 0.25) is 0 Å². The summed E-state index contributed by atoms with van der Waals surface area (Å²) in [6.07, 6.45) is 4.13. The third-order valence-corrected chi connectivity index (χ3v) is 3.10. The fourth-order valence-electron chi connectivity index (χ4n) is 2.42. The van der Waals surface area contributed by atoms with Crippen molar-refractivity contribution in [1.82, 2.24) is 4.90 Å². The number of hydrogen-bond donors (Lipinski definition) is 0. The van der Waals surface area contributed by atoms with Gasteiger partial charge in [0.25, 0.3) is 0 Å². The Labute approximate surface area is 101 Å². The fourth-order valence-corrected chi connectivity index (χ4v) is 2.42. The zero-order valence-corrected chi connectivity index (χ0v) is 9.90. The van der Waals surface area contributed by atoms with Crippen molar-refractivity contribution in [1.29, 1.82) is 0 Å². The minimum Gasteiger partial charge on any atom is -0.280 e. The van der Waals surface area contributed by atoms with Gasteiger partial charge in [-0.3, -0.25) is 9.69 Å². The summed E-state index contributed by atoms with van der Waals surface area (Å²) >= 11 is 0. The van der Waals surface area contributed by atoms with Crippen LogP contribution in [0.1, 0.15) is 19.4 Å². The van der Waals surface area contributed by atoms with Crippen LogP contribution in [0.15, 0.2) is 59.5 Å². The Kier molecular flexibility index (Phi) is 2.05. The predicted octanol–water partition coefficient (Wildman–Crippen LogP) is 3.10. The summed E-state index contributed by atoms with van der Waals surface area (Å²) in [4.78, 5) is 13.3. The Bertz CT molecular complexity index is 591. The largest absolute Gasteiger partial charge is 0.280 e. The molecule has 0 unspecified atom stereocenters. The van der Waals surface area contributed by atoms with Crippen molar-refractivity contribution in [3.63, 3.8) is 0 Å². The molecule has 1 amide bonds. The standard InChI is InChI=1S/C15H13NO/c1-10-8-13-15(12-6-4-3-5-7-12)14(9-10)16(13)11(2)17/h3-9H,1-2H3. The van der Waals surface area contributed by atoms with Crippen molar-refractivity contribution in [2.75, 3.05) is 0 Å². The highest BCUT2D eigenvalue weighted by atomic mass is 16.2. The second-order valence-corrected chi connectivity index (χ2v) is 4.40. The minimum atomic E-state index is 0.0784. The summed E-state index contributed by atoms with van der Waals surface area (Å²) in [6.45, 7) is 3.66. The maximum Gasteiger partial charge on any atom is 0.228 e. The van der Waals surface area contributed by atoms with E-state index < -0.39 is 0 Å². The SMILES string of the molecule is CC(=O)N1c2cc(C)cc1c2-c1ccccc1. The van der Waals surface area contributed by atoms with Gasteiger partial charge < -0.3 is 0 Å². The normalized spacial score (nSPS) is 17.4. The van der Waals surface area contributed by atoms with Crippen LogP contribution in [-0.2, 0) is 4.79 Å². The van der Waals surface area contributed by atoms with Crippen LogP contribution >= 0.6 is 0 Å². The molecular formula is C15H13NO. The molecule has 3 rings (SSSR count). The molecule has 0 saturated carbocycles. The lowest BCUT2D eigenvalue weighted by Crippen LogP contribution is -2.38. The Balaban J connectivity index is 2.14. The Hall–Kier alpha value is -2.09. The molecule has 0 spiro atoms. The maximum atomic E-state index is 11.5. The van der Waals surface area contributed by atoms with E-state index in [2.05, 4.69) is 31.2 Å². The maximum absolute atomic E-state index is 11.5. The van der Waals surface area contributed by atoms with Gasteiger partial charge in [0.15, 0.2) is 0 Å². The second-order valence-electron chi connectivity index (χ2n) is 4.40. The van der Waals surface area contributed by atoms with Gasteiger partial charge in [-0.15, -0.1) is 0 Å². The summed E-state index contributed by atoms with van der Waals surface area (Å²) in [5.41, 5.74) is 5.62. The van der Waals surface area contributed by atoms with Crippen LogP contribution in [0.25, 0.3) is 5.57 Å². The molecule has 2 heteroatoms. The van der Waals surface area contributed by atoms with Crippen LogP contribution in [0, 0.1) is 0 Å². The van der Waals surface area contributed by atoms with Crippen LogP contribution in [0.5, 0.6) is 0 Å². The van der Waals surface area contributed by atoms with E-state index in [1.54, 1.807) is 11.8 Å². The smallest absolute Gasteiger partial charge is 0.228 e. The van der Waals surface area contributed by atoms with Gasteiger partial charge in [-0.05, 0) is 30.2 Å². The molecule has 1 aromatic rings. The van der Waals surface area contributed by atoms with E-state index in [0.29, 0.717) is 0 Å². The molecule has 84 valence electrons. The number of fused-ring (bicyclic) bond motifs is 2. The number of nitrogens with zero attached hydrogens (tertiary/aromatic N) is 1. The van der Waals surface area contributed by atoms with Crippen molar-refractivity contribution < 1.29 is 4.79 Å². The molecule has 0 radical (unpaired) electrons. The van der Waals surface area contributed by atoms with Crippen molar-refractivity contribution in [2.45, 2.75) is 13.8 Å². The molecule has 1 aromatic carbocycles. The first-order valence-corrected chi connectivity index (χ1v) is 5.69. The van der Waals surface area contributed by atoms with Crippen LogP contribution < -0.4 is 0 Å². The first kappa shape index (κ1) is 10.1. The van der Waals surface area contributed by atoms with E-state index in [1.807, 2.05) is 18.2 Å². The van der Waals surface area contributed by atoms with Crippen LogP contribution in [0.3, 0.4) is 0 Å². The highest BCUT2D eigenvalue weighted by Crippen LogP contribution is 2.46. The second kappa shape index (κ2) is 3.45. The average molecular weight is 223 g/mol. The number of carbonyl (C=O) groups is 1. The third-order valence-electron chi connectivity index (χ3n) is 3.10. The van der Waals surface area contributed by atoms with Gasteiger partial charge in [0, 0.05) is 12.5 Å². The van der Waals surface area contributed by atoms with E-state index in [0.717, 1.165) is 11.4 Å². The molecule has 2 aliphatic rings. The Morgan fingerprint density at radius 2 is 1.82 bits per heavy atom. The van der Waals surface area contributed by atoms with E-state index in [-0.39, 0.29) is 5.91 Å². The molecule has 17 heavy (non-hydrogen) atoms. The molecule has 0 saturated heterocycles. The molecule has 0 fully saturated rings. The monoisotopic (exact) mass is 223 g/mol. The quantitative estimate of drug-likeness (QED) is 0.716. The first-order chi connectivity index (χ1) is 8.18. The zero-order valence-electron chi connectivity index (χ0n) is 9.90. The van der Waals surface area contributed by atoms with Gasteiger partial charge in [0.2, 0.25) is 5.91 Å². The zero-order chi connectivity index (χ0) is 12.0. The van der Waals surface area contributed by atoms with Gasteiger partial charge in [-0.25, -0.2) is 0 Å². The summed E-state index contributed by atoms with van der Waals surface area (Å²) in [6, 6.07) is 10.2. The van der Waals surface area contributed by atoms with Crippen molar-refractivity contribution in [3.05, 3.63) is 65.0 Å². The molecular weight excluding hydrogens is 210 g/mol. The van der Waals surface area contributed by atoms with E-state index in [4.69, 9.17) is 0 Å². The Morgan fingerprint density at radius 1 is 1.12 bits per heavy atom. The number of carbonyl (C=O) groups excluding carboxylic acids is 1. The van der Waals surface area contributed by atoms with Gasteiger partial charge in [0.05, 0.1) is 11.4 Å². The molecule has 0 N–H and O–H groups in total. The summed E-state index contributed by atoms with van der Waals surface area (Å²) in [7, 11) is 0. The topological polar surface area (TPSA) is 20.3 Å². The lowest BCUT2D eigenvalue weighted by Gasteiger charge is -2.41. The van der Waals surface area contributed by atoms with Crippen LogP contribution in [-0.4, -0.2) is 10.8 Å². The molecule has 2 heterocycles. The lowest BCUT2D eigenvalue weighted by molar-refractivity contribution is -0.125. The lowest BCUT2D eigenvalue weighted by atomic mass is 9.86. The molecule has 0 atom stereocenters. The van der Waals surface area contributed by atoms with Gasteiger partial charge in [0.1, 0.15) is 0 Å². The summed E-state index contributed by atoms with van der Waals surface area (Å²) in [5, 5.41) is 0. The van der Waals surface area contributed by atoms with Crippen molar-refractivity contribution in [2.24, 2.45) is 0 Å². The van der Waals surface area contributed by atoms with Gasteiger partial charge >= 0.3 is 0 Å².